The van der Waals surface area contributed by atoms with Gasteiger partial charge in [0.15, 0.2) is 0 Å². The first-order valence-electron chi connectivity index (χ1n) is 6.54. The number of rotatable bonds is 6. The van der Waals surface area contributed by atoms with Crippen LogP contribution < -0.4 is 5.73 Å². The fraction of sp³-hybridized carbons (Fsp3) is 0.923. The summed E-state index contributed by atoms with van der Waals surface area (Å²) in [7, 11) is 0. The van der Waals surface area contributed by atoms with Gasteiger partial charge in [0.05, 0.1) is 5.54 Å². The predicted octanol–water partition coefficient (Wildman–Crippen LogP) is 2.15. The van der Waals surface area contributed by atoms with Gasteiger partial charge in [-0.3, -0.25) is 4.79 Å². The van der Waals surface area contributed by atoms with E-state index >= 15 is 0 Å². The summed E-state index contributed by atoms with van der Waals surface area (Å²) >= 11 is 0. The minimum absolute atomic E-state index is 0.176. The van der Waals surface area contributed by atoms with Crippen LogP contribution in [-0.2, 0) is 4.79 Å². The van der Waals surface area contributed by atoms with Crippen molar-refractivity contribution in [3.8, 4) is 0 Å². The van der Waals surface area contributed by atoms with Gasteiger partial charge in [-0.2, -0.15) is 0 Å². The second-order valence-corrected chi connectivity index (χ2v) is 5.48. The fourth-order valence-corrected chi connectivity index (χ4v) is 2.16. The zero-order valence-electron chi connectivity index (χ0n) is 11.1. The second-order valence-electron chi connectivity index (χ2n) is 5.48. The Kier molecular flexibility index (Phi) is 4.36. The summed E-state index contributed by atoms with van der Waals surface area (Å²) in [6, 6.07) is 0.357. The number of hydrogen-bond donors (Lipinski definition) is 1. The molecule has 3 heteroatoms. The Hall–Kier alpha value is -0.570. The van der Waals surface area contributed by atoms with Gasteiger partial charge in [-0.25, -0.2) is 0 Å². The average molecular weight is 226 g/mol. The van der Waals surface area contributed by atoms with Gasteiger partial charge in [0, 0.05) is 12.6 Å². The average Bonchev–Trinajstić information content (AvgIpc) is 2.96. The van der Waals surface area contributed by atoms with Gasteiger partial charge in [-0.15, -0.1) is 0 Å². The minimum Gasteiger partial charge on any atom is -0.338 e. The highest BCUT2D eigenvalue weighted by atomic mass is 16.2. The molecule has 0 unspecified atom stereocenters. The zero-order chi connectivity index (χ0) is 12.3. The topological polar surface area (TPSA) is 46.3 Å². The largest absolute Gasteiger partial charge is 0.338 e. The van der Waals surface area contributed by atoms with Gasteiger partial charge in [0.1, 0.15) is 0 Å². The number of nitrogens with two attached hydrogens (primary N) is 1. The van der Waals surface area contributed by atoms with Crippen molar-refractivity contribution in [1.29, 1.82) is 0 Å². The van der Waals surface area contributed by atoms with Crippen LogP contribution in [0.15, 0.2) is 0 Å². The summed E-state index contributed by atoms with van der Waals surface area (Å²) in [4.78, 5) is 14.3. The molecule has 0 saturated heterocycles. The van der Waals surface area contributed by atoms with Crippen LogP contribution in [0.5, 0.6) is 0 Å². The smallest absolute Gasteiger partial charge is 0.242 e. The highest BCUT2D eigenvalue weighted by Gasteiger charge is 2.48. The molecule has 0 spiro atoms. The molecular weight excluding hydrogens is 200 g/mol. The molecule has 1 aliphatic rings. The fourth-order valence-electron chi connectivity index (χ4n) is 2.16. The zero-order valence-corrected chi connectivity index (χ0v) is 11.1. The molecule has 1 rings (SSSR count). The van der Waals surface area contributed by atoms with E-state index in [4.69, 9.17) is 5.73 Å². The number of nitrogens with zero attached hydrogens (tertiary/aromatic N) is 1. The van der Waals surface area contributed by atoms with Crippen molar-refractivity contribution in [3.63, 3.8) is 0 Å². The molecule has 0 radical (unpaired) electrons. The van der Waals surface area contributed by atoms with E-state index in [1.807, 2.05) is 4.90 Å². The van der Waals surface area contributed by atoms with Crippen LogP contribution in [0.1, 0.15) is 53.4 Å². The van der Waals surface area contributed by atoms with E-state index in [-0.39, 0.29) is 5.91 Å². The van der Waals surface area contributed by atoms with Crippen LogP contribution in [0, 0.1) is 5.92 Å². The Labute approximate surface area is 99.4 Å². The number of hydrogen-bond acceptors (Lipinski definition) is 2. The van der Waals surface area contributed by atoms with Crippen molar-refractivity contribution >= 4 is 5.91 Å². The molecule has 1 amide bonds. The minimum atomic E-state index is -0.516. The normalized spacial score (nSPS) is 17.9. The molecule has 0 heterocycles. The first kappa shape index (κ1) is 13.5. The Balaban J connectivity index is 2.73. The maximum Gasteiger partial charge on any atom is 0.242 e. The van der Waals surface area contributed by atoms with Crippen molar-refractivity contribution in [3.05, 3.63) is 0 Å². The van der Waals surface area contributed by atoms with E-state index in [9.17, 15) is 4.79 Å². The number of carbonyl (C=O) groups excluding carboxylic acids is 1. The van der Waals surface area contributed by atoms with Crippen molar-refractivity contribution in [2.75, 3.05) is 6.54 Å². The third kappa shape index (κ3) is 2.97. The molecule has 16 heavy (non-hydrogen) atoms. The highest BCUT2D eigenvalue weighted by Crippen LogP contribution is 2.35. The van der Waals surface area contributed by atoms with Crippen LogP contribution in [-0.4, -0.2) is 28.9 Å². The molecule has 94 valence electrons. The predicted molar refractivity (Wildman–Crippen MR) is 67.1 cm³/mol. The van der Waals surface area contributed by atoms with Gasteiger partial charge in [-0.05, 0) is 31.6 Å². The van der Waals surface area contributed by atoms with Gasteiger partial charge >= 0.3 is 0 Å². The molecular formula is C13H26N2O. The van der Waals surface area contributed by atoms with Gasteiger partial charge in [0.25, 0.3) is 0 Å². The highest BCUT2D eigenvalue weighted by molar-refractivity contribution is 5.89. The SMILES string of the molecule is CCC(CC)N(CC(C)C)C(=O)C1(N)CC1. The van der Waals surface area contributed by atoms with Gasteiger partial charge < -0.3 is 10.6 Å². The first-order chi connectivity index (χ1) is 7.44. The molecule has 1 fully saturated rings. The van der Waals surface area contributed by atoms with E-state index in [2.05, 4.69) is 27.7 Å². The molecule has 0 bridgehead atoms. The van der Waals surface area contributed by atoms with Crippen LogP contribution in [0.3, 0.4) is 0 Å². The van der Waals surface area contributed by atoms with Gasteiger partial charge in [-0.1, -0.05) is 27.7 Å². The van der Waals surface area contributed by atoms with E-state index in [0.29, 0.717) is 12.0 Å². The molecule has 0 aliphatic heterocycles. The number of carbonyl (C=O) groups is 1. The summed E-state index contributed by atoms with van der Waals surface area (Å²) in [6.45, 7) is 9.43. The molecule has 1 saturated carbocycles. The summed E-state index contributed by atoms with van der Waals surface area (Å²) < 4.78 is 0. The summed E-state index contributed by atoms with van der Waals surface area (Å²) in [5, 5.41) is 0. The Morgan fingerprint density at radius 1 is 1.31 bits per heavy atom. The molecule has 3 nitrogen and oxygen atoms in total. The monoisotopic (exact) mass is 226 g/mol. The van der Waals surface area contributed by atoms with Crippen molar-refractivity contribution in [2.45, 2.75) is 65.0 Å². The third-order valence-electron chi connectivity index (χ3n) is 3.42. The number of amides is 1. The summed E-state index contributed by atoms with van der Waals surface area (Å²) in [5.74, 6) is 0.682. The lowest BCUT2D eigenvalue weighted by atomic mass is 10.1. The second kappa shape index (κ2) is 5.17. The molecule has 0 atom stereocenters. The van der Waals surface area contributed by atoms with Crippen LogP contribution in [0.4, 0.5) is 0 Å². The maximum absolute atomic E-state index is 12.3. The van der Waals surface area contributed by atoms with E-state index in [0.717, 1.165) is 32.2 Å². The van der Waals surface area contributed by atoms with Crippen molar-refractivity contribution in [1.82, 2.24) is 4.90 Å². The van der Waals surface area contributed by atoms with Gasteiger partial charge in [0.2, 0.25) is 5.91 Å². The summed E-state index contributed by atoms with van der Waals surface area (Å²) in [5.41, 5.74) is 5.51. The third-order valence-corrected chi connectivity index (χ3v) is 3.42. The summed E-state index contributed by atoms with van der Waals surface area (Å²) in [6.07, 6.45) is 3.76. The Bertz CT molecular complexity index is 242. The van der Waals surface area contributed by atoms with E-state index in [1.165, 1.54) is 0 Å². The maximum atomic E-state index is 12.3. The molecule has 2 N–H and O–H groups in total. The van der Waals surface area contributed by atoms with Crippen LogP contribution in [0.2, 0.25) is 0 Å². The first-order valence-corrected chi connectivity index (χ1v) is 6.54. The Morgan fingerprint density at radius 3 is 2.12 bits per heavy atom. The molecule has 0 aromatic heterocycles. The lowest BCUT2D eigenvalue weighted by Gasteiger charge is -2.34. The lowest BCUT2D eigenvalue weighted by molar-refractivity contribution is -0.136. The molecule has 0 aromatic rings. The van der Waals surface area contributed by atoms with Crippen LogP contribution >= 0.6 is 0 Å². The van der Waals surface area contributed by atoms with Crippen molar-refractivity contribution < 1.29 is 4.79 Å². The Morgan fingerprint density at radius 2 is 1.81 bits per heavy atom. The lowest BCUT2D eigenvalue weighted by Crippen LogP contribution is -2.51. The van der Waals surface area contributed by atoms with E-state index in [1.54, 1.807) is 0 Å². The molecule has 0 aromatic carbocycles. The van der Waals surface area contributed by atoms with E-state index < -0.39 is 5.54 Å². The quantitative estimate of drug-likeness (QED) is 0.754. The van der Waals surface area contributed by atoms with Crippen LogP contribution in [0.25, 0.3) is 0 Å². The standard InChI is InChI=1S/C13H26N2O/c1-5-11(6-2)15(9-10(3)4)12(16)13(14)7-8-13/h10-11H,5-9,14H2,1-4H3. The molecule has 1 aliphatic carbocycles. The van der Waals surface area contributed by atoms with Crippen molar-refractivity contribution in [2.24, 2.45) is 11.7 Å².